The van der Waals surface area contributed by atoms with Crippen molar-refractivity contribution in [2.45, 2.75) is 24.6 Å². The quantitative estimate of drug-likeness (QED) is 0.413. The van der Waals surface area contributed by atoms with Crippen LogP contribution in [0.15, 0.2) is 91.0 Å². The first kappa shape index (κ1) is 18.2. The molecule has 0 N–H and O–H groups in total. The molecule has 0 bridgehead atoms. The Morgan fingerprint density at radius 2 is 1.19 bits per heavy atom. The van der Waals surface area contributed by atoms with Gasteiger partial charge in [0.05, 0.1) is 12.7 Å². The zero-order valence-corrected chi connectivity index (χ0v) is 16.2. The second-order valence-electron chi connectivity index (χ2n) is 6.84. The highest BCUT2D eigenvalue weighted by molar-refractivity contribution is 7.55. The van der Waals surface area contributed by atoms with Crippen molar-refractivity contribution in [3.05, 3.63) is 108 Å². The summed E-state index contributed by atoms with van der Waals surface area (Å²) in [5, 5.41) is -1.02. The molecule has 0 radical (unpaired) electrons. The van der Waals surface area contributed by atoms with Gasteiger partial charge in [-0.1, -0.05) is 91.0 Å². The van der Waals surface area contributed by atoms with Gasteiger partial charge >= 0.3 is 7.60 Å². The Hall–Kier alpha value is -2.19. The van der Waals surface area contributed by atoms with Crippen LogP contribution in [0, 0.1) is 0 Å². The van der Waals surface area contributed by atoms with Crippen LogP contribution in [0.2, 0.25) is 0 Å². The van der Waals surface area contributed by atoms with Crippen LogP contribution in [0.3, 0.4) is 0 Å². The van der Waals surface area contributed by atoms with Crippen LogP contribution >= 0.6 is 7.60 Å². The Bertz CT molecular complexity index is 829. The lowest BCUT2D eigenvalue weighted by Gasteiger charge is -2.43. The molecule has 0 aromatic heterocycles. The summed E-state index contributed by atoms with van der Waals surface area (Å²) in [6.07, 6.45) is 0.610. The van der Waals surface area contributed by atoms with Crippen LogP contribution in [-0.2, 0) is 18.8 Å². The Labute approximate surface area is 160 Å². The van der Waals surface area contributed by atoms with E-state index in [1.165, 1.54) is 0 Å². The maximum Gasteiger partial charge on any atom is 0.350 e. The highest BCUT2D eigenvalue weighted by atomic mass is 31.2. The van der Waals surface area contributed by atoms with Crippen molar-refractivity contribution in [1.82, 2.24) is 0 Å². The molecule has 0 aliphatic carbocycles. The third-order valence-electron chi connectivity index (χ3n) is 5.09. The van der Waals surface area contributed by atoms with E-state index in [1.54, 1.807) is 0 Å². The molecule has 3 nitrogen and oxygen atoms in total. The number of rotatable bonds is 4. The molecule has 1 aliphatic heterocycles. The topological polar surface area (TPSA) is 35.5 Å². The minimum atomic E-state index is -3.58. The largest absolute Gasteiger partial charge is 0.350 e. The lowest BCUT2D eigenvalue weighted by atomic mass is 9.84. The molecule has 2 atom stereocenters. The van der Waals surface area contributed by atoms with E-state index in [4.69, 9.17) is 9.05 Å². The molecule has 3 aromatic rings. The summed E-state index contributed by atoms with van der Waals surface area (Å²) in [6, 6.07) is 29.7. The Morgan fingerprint density at radius 1 is 0.778 bits per heavy atom. The Kier molecular flexibility index (Phi) is 5.01. The zero-order valence-electron chi connectivity index (χ0n) is 15.3. The van der Waals surface area contributed by atoms with E-state index in [2.05, 4.69) is 0 Å². The van der Waals surface area contributed by atoms with E-state index < -0.39 is 12.8 Å². The van der Waals surface area contributed by atoms with Crippen LogP contribution in [0.1, 0.15) is 30.0 Å². The molecule has 1 fully saturated rings. The molecule has 27 heavy (non-hydrogen) atoms. The average Bonchev–Trinajstić information content (AvgIpc) is 2.71. The zero-order chi connectivity index (χ0) is 18.7. The summed E-state index contributed by atoms with van der Waals surface area (Å²) in [6.45, 7) is 2.38. The normalized spacial score (nSPS) is 23.1. The van der Waals surface area contributed by atoms with Gasteiger partial charge in [0, 0.05) is 0 Å². The fourth-order valence-electron chi connectivity index (χ4n) is 3.85. The SMILES string of the molecule is C[C@H]1CCO[P@](=O)(C(c2ccccc2)(c2ccccc2)c2ccccc2)O1. The number of benzene rings is 3. The van der Waals surface area contributed by atoms with E-state index in [0.29, 0.717) is 6.61 Å². The maximum atomic E-state index is 14.4. The van der Waals surface area contributed by atoms with Crippen LogP contribution in [0.4, 0.5) is 0 Å². The van der Waals surface area contributed by atoms with Gasteiger partial charge in [-0.2, -0.15) is 0 Å². The van der Waals surface area contributed by atoms with E-state index in [1.807, 2.05) is 97.9 Å². The third-order valence-corrected chi connectivity index (χ3v) is 7.85. The summed E-state index contributed by atoms with van der Waals surface area (Å²) in [5.74, 6) is 0. The van der Waals surface area contributed by atoms with Crippen molar-refractivity contribution >= 4 is 7.60 Å². The highest BCUT2D eigenvalue weighted by Crippen LogP contribution is 2.72. The van der Waals surface area contributed by atoms with E-state index in [-0.39, 0.29) is 6.10 Å². The maximum absolute atomic E-state index is 14.4. The second-order valence-corrected chi connectivity index (χ2v) is 8.98. The van der Waals surface area contributed by atoms with Gasteiger partial charge in [0.25, 0.3) is 0 Å². The smallest absolute Gasteiger partial charge is 0.307 e. The van der Waals surface area contributed by atoms with E-state index >= 15 is 0 Å². The minimum Gasteiger partial charge on any atom is -0.307 e. The highest BCUT2D eigenvalue weighted by Gasteiger charge is 2.56. The fourth-order valence-corrected chi connectivity index (χ4v) is 6.58. The van der Waals surface area contributed by atoms with Crippen molar-refractivity contribution in [2.75, 3.05) is 6.61 Å². The van der Waals surface area contributed by atoms with Crippen molar-refractivity contribution in [3.8, 4) is 0 Å². The van der Waals surface area contributed by atoms with E-state index in [0.717, 1.165) is 23.1 Å². The molecule has 4 heteroatoms. The fraction of sp³-hybridized carbons (Fsp3) is 0.217. The van der Waals surface area contributed by atoms with Crippen LogP contribution < -0.4 is 0 Å². The molecule has 1 heterocycles. The molecular formula is C23H23O3P. The summed E-state index contributed by atoms with van der Waals surface area (Å²) in [5.41, 5.74) is 2.71. The molecule has 0 amide bonds. The molecule has 1 aliphatic rings. The van der Waals surface area contributed by atoms with Crippen molar-refractivity contribution in [1.29, 1.82) is 0 Å². The van der Waals surface area contributed by atoms with Gasteiger partial charge in [-0.15, -0.1) is 0 Å². The molecule has 1 saturated heterocycles. The van der Waals surface area contributed by atoms with Gasteiger partial charge in [-0.25, -0.2) is 0 Å². The van der Waals surface area contributed by atoms with Gasteiger partial charge in [-0.3, -0.25) is 4.57 Å². The van der Waals surface area contributed by atoms with Crippen LogP contribution in [0.25, 0.3) is 0 Å². The van der Waals surface area contributed by atoms with Gasteiger partial charge in [0.1, 0.15) is 5.16 Å². The summed E-state index contributed by atoms with van der Waals surface area (Å²) in [4.78, 5) is 0. The Morgan fingerprint density at radius 3 is 1.56 bits per heavy atom. The minimum absolute atomic E-state index is 0.125. The predicted molar refractivity (Wildman–Crippen MR) is 108 cm³/mol. The molecule has 0 unspecified atom stereocenters. The van der Waals surface area contributed by atoms with E-state index in [9.17, 15) is 4.57 Å². The van der Waals surface area contributed by atoms with Crippen molar-refractivity contribution < 1.29 is 13.6 Å². The van der Waals surface area contributed by atoms with Gasteiger partial charge in [0.15, 0.2) is 0 Å². The molecular weight excluding hydrogens is 355 g/mol. The Balaban J connectivity index is 2.09. The average molecular weight is 378 g/mol. The van der Waals surface area contributed by atoms with Gasteiger partial charge in [-0.05, 0) is 30.0 Å². The summed E-state index contributed by atoms with van der Waals surface area (Å²) >= 11 is 0. The standard InChI is InChI=1S/C23H23O3P/c1-19-17-18-25-27(24,26-19)23(20-11-5-2-6-12-20,21-13-7-3-8-14-21)22-15-9-4-10-16-22/h2-16,19H,17-18H2,1H3/t19-,27+/m0/s1. The summed E-state index contributed by atoms with van der Waals surface area (Å²) in [7, 11) is -3.58. The number of hydrogen-bond acceptors (Lipinski definition) is 3. The molecule has 3 aromatic carbocycles. The first-order valence-electron chi connectivity index (χ1n) is 9.26. The van der Waals surface area contributed by atoms with Crippen LogP contribution in [-0.4, -0.2) is 12.7 Å². The summed E-state index contributed by atoms with van der Waals surface area (Å²) < 4.78 is 26.6. The molecule has 0 spiro atoms. The monoisotopic (exact) mass is 378 g/mol. The van der Waals surface area contributed by atoms with Crippen LogP contribution in [0.5, 0.6) is 0 Å². The lowest BCUT2D eigenvalue weighted by molar-refractivity contribution is 0.0844. The molecule has 138 valence electrons. The molecule has 4 rings (SSSR count). The van der Waals surface area contributed by atoms with Crippen molar-refractivity contribution in [3.63, 3.8) is 0 Å². The predicted octanol–water partition coefficient (Wildman–Crippen LogP) is 6.00. The lowest BCUT2D eigenvalue weighted by Crippen LogP contribution is -2.35. The van der Waals surface area contributed by atoms with Gasteiger partial charge in [0.2, 0.25) is 0 Å². The number of hydrogen-bond donors (Lipinski definition) is 0. The third kappa shape index (κ3) is 3.06. The molecule has 0 saturated carbocycles. The first-order valence-corrected chi connectivity index (χ1v) is 10.8. The first-order chi connectivity index (χ1) is 13.2. The van der Waals surface area contributed by atoms with Crippen molar-refractivity contribution in [2.24, 2.45) is 0 Å². The second kappa shape index (κ2) is 7.44. The van der Waals surface area contributed by atoms with Gasteiger partial charge < -0.3 is 9.05 Å².